The van der Waals surface area contributed by atoms with Crippen molar-refractivity contribution in [2.75, 3.05) is 19.8 Å². The summed E-state index contributed by atoms with van der Waals surface area (Å²) < 4.78 is 9.97. The molecule has 0 aliphatic heterocycles. The summed E-state index contributed by atoms with van der Waals surface area (Å²) in [4.78, 5) is 33.7. The number of nitrogens with zero attached hydrogens (tertiary/aromatic N) is 1. The van der Waals surface area contributed by atoms with Gasteiger partial charge in [-0.3, -0.25) is 14.9 Å². The molecule has 0 aliphatic carbocycles. The van der Waals surface area contributed by atoms with E-state index in [4.69, 9.17) is 9.47 Å². The van der Waals surface area contributed by atoms with Crippen LogP contribution in [-0.2, 0) is 9.53 Å². The van der Waals surface area contributed by atoms with Gasteiger partial charge in [-0.05, 0) is 25.0 Å². The molecule has 0 saturated carbocycles. The van der Waals surface area contributed by atoms with Crippen LogP contribution in [0.1, 0.15) is 31.1 Å². The quantitative estimate of drug-likeness (QED) is 0.444. The second-order valence-corrected chi connectivity index (χ2v) is 5.15. The van der Waals surface area contributed by atoms with E-state index in [0.717, 1.165) is 6.07 Å². The second-order valence-electron chi connectivity index (χ2n) is 5.15. The number of benzene rings is 1. The Labute approximate surface area is 133 Å². The van der Waals surface area contributed by atoms with E-state index >= 15 is 0 Å². The maximum Gasteiger partial charge on any atom is 0.338 e. The summed E-state index contributed by atoms with van der Waals surface area (Å²) >= 11 is 0. The molecule has 0 radical (unpaired) electrons. The van der Waals surface area contributed by atoms with Crippen molar-refractivity contribution in [1.29, 1.82) is 0 Å². The molecule has 1 aromatic carbocycles. The Morgan fingerprint density at radius 1 is 1.35 bits per heavy atom. The fraction of sp³-hybridized carbons (Fsp3) is 0.467. The Bertz CT molecular complexity index is 585. The summed E-state index contributed by atoms with van der Waals surface area (Å²) in [6.07, 6.45) is 0. The summed E-state index contributed by atoms with van der Waals surface area (Å²) in [7, 11) is 0. The van der Waals surface area contributed by atoms with E-state index in [1.165, 1.54) is 12.1 Å². The molecule has 8 nitrogen and oxygen atoms in total. The monoisotopic (exact) mass is 324 g/mol. The molecule has 1 aromatic rings. The first-order valence-electron chi connectivity index (χ1n) is 7.20. The first kappa shape index (κ1) is 18.4. The number of amides is 1. The number of nitro groups is 1. The third kappa shape index (κ3) is 5.93. The average molecular weight is 324 g/mol. The van der Waals surface area contributed by atoms with Gasteiger partial charge < -0.3 is 14.8 Å². The molecular formula is C15H20N2O6. The zero-order valence-electron chi connectivity index (χ0n) is 13.3. The highest BCUT2D eigenvalue weighted by Gasteiger charge is 2.19. The summed E-state index contributed by atoms with van der Waals surface area (Å²) in [5, 5.41) is 13.6. The molecule has 126 valence electrons. The van der Waals surface area contributed by atoms with Crippen LogP contribution in [0.2, 0.25) is 0 Å². The van der Waals surface area contributed by atoms with Crippen molar-refractivity contribution < 1.29 is 24.0 Å². The maximum absolute atomic E-state index is 11.9. The number of carbonyl (C=O) groups is 2. The fourth-order valence-electron chi connectivity index (χ4n) is 1.65. The minimum absolute atomic E-state index is 0.0168. The van der Waals surface area contributed by atoms with E-state index in [1.807, 2.05) is 13.8 Å². The molecule has 0 aromatic heterocycles. The van der Waals surface area contributed by atoms with Crippen LogP contribution < -0.4 is 10.1 Å². The molecule has 1 rings (SSSR count). The fourth-order valence-corrected chi connectivity index (χ4v) is 1.65. The number of hydrogen-bond acceptors (Lipinski definition) is 6. The molecule has 0 saturated heterocycles. The van der Waals surface area contributed by atoms with Crippen molar-refractivity contribution in [3.05, 3.63) is 33.9 Å². The molecule has 0 spiro atoms. The molecule has 23 heavy (non-hydrogen) atoms. The lowest BCUT2D eigenvalue weighted by Crippen LogP contribution is -2.31. The third-order valence-electron chi connectivity index (χ3n) is 2.73. The first-order chi connectivity index (χ1) is 10.8. The van der Waals surface area contributed by atoms with Crippen molar-refractivity contribution in [2.24, 2.45) is 5.92 Å². The molecule has 1 N–H and O–H groups in total. The zero-order chi connectivity index (χ0) is 17.4. The summed E-state index contributed by atoms with van der Waals surface area (Å²) in [6.45, 7) is 5.87. The van der Waals surface area contributed by atoms with E-state index < -0.39 is 23.4 Å². The summed E-state index contributed by atoms with van der Waals surface area (Å²) in [5.74, 6) is -0.879. The van der Waals surface area contributed by atoms with E-state index in [1.54, 1.807) is 6.92 Å². The lowest BCUT2D eigenvalue weighted by Gasteiger charge is -2.09. The van der Waals surface area contributed by atoms with E-state index in [-0.39, 0.29) is 29.5 Å². The number of carbonyl (C=O) groups excluding carboxylic acids is 2. The molecule has 0 bridgehead atoms. The number of nitrogens with one attached hydrogen (secondary N) is 1. The van der Waals surface area contributed by atoms with Gasteiger partial charge >= 0.3 is 11.7 Å². The van der Waals surface area contributed by atoms with Crippen molar-refractivity contribution >= 4 is 17.6 Å². The van der Waals surface area contributed by atoms with Gasteiger partial charge in [0, 0.05) is 12.6 Å². The van der Waals surface area contributed by atoms with Gasteiger partial charge in [0.05, 0.1) is 17.1 Å². The van der Waals surface area contributed by atoms with Gasteiger partial charge in [0.2, 0.25) is 0 Å². The summed E-state index contributed by atoms with van der Waals surface area (Å²) in [5.41, 5.74) is -0.345. The van der Waals surface area contributed by atoms with E-state index in [9.17, 15) is 19.7 Å². The molecular weight excluding hydrogens is 304 g/mol. The lowest BCUT2D eigenvalue weighted by molar-refractivity contribution is -0.385. The van der Waals surface area contributed by atoms with Crippen LogP contribution in [-0.4, -0.2) is 36.6 Å². The van der Waals surface area contributed by atoms with Crippen molar-refractivity contribution in [3.63, 3.8) is 0 Å². The van der Waals surface area contributed by atoms with Gasteiger partial charge in [-0.25, -0.2) is 4.79 Å². The smallest absolute Gasteiger partial charge is 0.338 e. The molecule has 0 heterocycles. The lowest BCUT2D eigenvalue weighted by atomic mass is 10.2. The van der Waals surface area contributed by atoms with Gasteiger partial charge in [0.15, 0.2) is 12.4 Å². The standard InChI is InChI=1S/C15H20N2O6/c1-4-22-13-6-5-11(7-12(13)17(20)21)15(19)23-9-14(18)16-8-10(2)3/h5-7,10H,4,8-9H2,1-3H3,(H,16,18). The number of rotatable bonds is 8. The van der Waals surface area contributed by atoms with Gasteiger partial charge in [0.1, 0.15) is 0 Å². The largest absolute Gasteiger partial charge is 0.487 e. The van der Waals surface area contributed by atoms with Gasteiger partial charge in [0.25, 0.3) is 5.91 Å². The Morgan fingerprint density at radius 2 is 2.04 bits per heavy atom. The minimum atomic E-state index is -0.809. The highest BCUT2D eigenvalue weighted by molar-refractivity contribution is 5.92. The zero-order valence-corrected chi connectivity index (χ0v) is 13.3. The van der Waals surface area contributed by atoms with Crippen molar-refractivity contribution in [1.82, 2.24) is 5.32 Å². The van der Waals surface area contributed by atoms with Crippen LogP contribution in [0.4, 0.5) is 5.69 Å². The number of hydrogen-bond donors (Lipinski definition) is 1. The predicted molar refractivity (Wildman–Crippen MR) is 82.4 cm³/mol. The van der Waals surface area contributed by atoms with E-state index in [0.29, 0.717) is 6.54 Å². The first-order valence-corrected chi connectivity index (χ1v) is 7.20. The van der Waals surface area contributed by atoms with Crippen LogP contribution in [0.5, 0.6) is 5.75 Å². The number of nitro benzene ring substituents is 1. The van der Waals surface area contributed by atoms with Crippen LogP contribution in [0.3, 0.4) is 0 Å². The van der Waals surface area contributed by atoms with Crippen molar-refractivity contribution in [2.45, 2.75) is 20.8 Å². The second kappa shape index (κ2) is 8.72. The number of esters is 1. The Morgan fingerprint density at radius 3 is 2.61 bits per heavy atom. The normalized spacial score (nSPS) is 10.3. The van der Waals surface area contributed by atoms with Crippen LogP contribution in [0.25, 0.3) is 0 Å². The third-order valence-corrected chi connectivity index (χ3v) is 2.73. The SMILES string of the molecule is CCOc1ccc(C(=O)OCC(=O)NCC(C)C)cc1[N+](=O)[O-]. The minimum Gasteiger partial charge on any atom is -0.487 e. The summed E-state index contributed by atoms with van der Waals surface area (Å²) in [6, 6.07) is 3.75. The Balaban J connectivity index is 2.71. The van der Waals surface area contributed by atoms with Crippen LogP contribution in [0, 0.1) is 16.0 Å². The average Bonchev–Trinajstić information content (AvgIpc) is 2.51. The molecule has 1 amide bonds. The molecule has 0 atom stereocenters. The molecule has 0 aliphatic rings. The molecule has 0 unspecified atom stereocenters. The van der Waals surface area contributed by atoms with Gasteiger partial charge in [-0.15, -0.1) is 0 Å². The highest BCUT2D eigenvalue weighted by Crippen LogP contribution is 2.28. The Hall–Kier alpha value is -2.64. The molecule has 0 fully saturated rings. The van der Waals surface area contributed by atoms with Gasteiger partial charge in [-0.2, -0.15) is 0 Å². The predicted octanol–water partition coefficient (Wildman–Crippen LogP) is 1.92. The highest BCUT2D eigenvalue weighted by atomic mass is 16.6. The number of ether oxygens (including phenoxy) is 2. The maximum atomic E-state index is 11.9. The van der Waals surface area contributed by atoms with Crippen LogP contribution in [0.15, 0.2) is 18.2 Å². The van der Waals surface area contributed by atoms with Crippen LogP contribution >= 0.6 is 0 Å². The Kier molecular flexibility index (Phi) is 6.98. The topological polar surface area (TPSA) is 108 Å². The van der Waals surface area contributed by atoms with E-state index in [2.05, 4.69) is 5.32 Å². The van der Waals surface area contributed by atoms with Crippen molar-refractivity contribution in [3.8, 4) is 5.75 Å². The molecule has 8 heteroatoms. The van der Waals surface area contributed by atoms with Gasteiger partial charge in [-0.1, -0.05) is 13.8 Å².